The quantitative estimate of drug-likeness (QED) is 0.711. The van der Waals surface area contributed by atoms with Crippen molar-refractivity contribution >= 4 is 21.4 Å². The van der Waals surface area contributed by atoms with Crippen LogP contribution in [0.3, 0.4) is 0 Å². The van der Waals surface area contributed by atoms with E-state index in [1.165, 1.54) is 10.1 Å². The second-order valence-electron chi connectivity index (χ2n) is 2.86. The van der Waals surface area contributed by atoms with Crippen molar-refractivity contribution in [2.24, 2.45) is 0 Å². The van der Waals surface area contributed by atoms with Crippen LogP contribution in [0.1, 0.15) is 18.6 Å². The lowest BCUT2D eigenvalue weighted by Crippen LogP contribution is -1.89. The van der Waals surface area contributed by atoms with Crippen LogP contribution in [0.25, 0.3) is 10.1 Å². The number of aliphatic hydroxyl groups excluding tert-OH is 1. The highest BCUT2D eigenvalue weighted by molar-refractivity contribution is 7.17. The van der Waals surface area contributed by atoms with Crippen LogP contribution < -0.4 is 0 Å². The highest BCUT2D eigenvalue weighted by Gasteiger charge is 2.05. The fraction of sp³-hybridized carbons (Fsp3) is 0.200. The van der Waals surface area contributed by atoms with Gasteiger partial charge in [-0.1, -0.05) is 12.1 Å². The summed E-state index contributed by atoms with van der Waals surface area (Å²) in [5.74, 6) is 0. The Kier molecular flexibility index (Phi) is 1.87. The van der Waals surface area contributed by atoms with E-state index in [9.17, 15) is 5.11 Å². The lowest BCUT2D eigenvalue weighted by Gasteiger charge is -2.04. The molecule has 0 unspecified atom stereocenters. The van der Waals surface area contributed by atoms with Gasteiger partial charge in [-0.2, -0.15) is 0 Å². The third-order valence-electron chi connectivity index (χ3n) is 1.98. The molecule has 1 N–H and O–H groups in total. The van der Waals surface area contributed by atoms with Crippen LogP contribution in [0.5, 0.6) is 0 Å². The van der Waals surface area contributed by atoms with Gasteiger partial charge in [-0.05, 0) is 35.4 Å². The summed E-state index contributed by atoms with van der Waals surface area (Å²) in [6.07, 6.45) is -0.372. The topological polar surface area (TPSA) is 20.2 Å². The molecule has 1 nitrogen and oxygen atoms in total. The molecule has 1 aromatic heterocycles. The van der Waals surface area contributed by atoms with Crippen LogP contribution in [0.15, 0.2) is 29.6 Å². The zero-order chi connectivity index (χ0) is 8.55. The van der Waals surface area contributed by atoms with Gasteiger partial charge in [0.2, 0.25) is 0 Å². The fourth-order valence-electron chi connectivity index (χ4n) is 1.38. The first-order valence-electron chi connectivity index (χ1n) is 3.93. The van der Waals surface area contributed by atoms with Gasteiger partial charge in [0.25, 0.3) is 0 Å². The van der Waals surface area contributed by atoms with E-state index in [1.54, 1.807) is 18.3 Å². The number of aliphatic hydroxyl groups is 1. The first kappa shape index (κ1) is 7.77. The molecule has 12 heavy (non-hydrogen) atoms. The first-order valence-corrected chi connectivity index (χ1v) is 4.81. The van der Waals surface area contributed by atoms with Gasteiger partial charge >= 0.3 is 0 Å². The predicted molar refractivity (Wildman–Crippen MR) is 52.5 cm³/mol. The predicted octanol–water partition coefficient (Wildman–Crippen LogP) is 2.95. The van der Waals surface area contributed by atoms with Crippen molar-refractivity contribution in [1.82, 2.24) is 0 Å². The van der Waals surface area contributed by atoms with Crippen molar-refractivity contribution in [3.8, 4) is 0 Å². The second-order valence-corrected chi connectivity index (χ2v) is 3.80. The smallest absolute Gasteiger partial charge is 0.0768 e. The Labute approximate surface area is 75.3 Å². The Morgan fingerprint density at radius 1 is 1.33 bits per heavy atom. The number of fused-ring (bicyclic) bond motifs is 1. The summed E-state index contributed by atoms with van der Waals surface area (Å²) >= 11 is 1.71. The molecule has 0 amide bonds. The lowest BCUT2D eigenvalue weighted by molar-refractivity contribution is 0.201. The zero-order valence-electron chi connectivity index (χ0n) is 6.82. The molecule has 2 aromatic rings. The summed E-state index contributed by atoms with van der Waals surface area (Å²) < 4.78 is 1.24. The monoisotopic (exact) mass is 178 g/mol. The van der Waals surface area contributed by atoms with Crippen molar-refractivity contribution in [2.75, 3.05) is 0 Å². The summed E-state index contributed by atoms with van der Waals surface area (Å²) in [7, 11) is 0. The van der Waals surface area contributed by atoms with Crippen molar-refractivity contribution in [1.29, 1.82) is 0 Å². The first-order chi connectivity index (χ1) is 5.79. The maximum Gasteiger partial charge on any atom is 0.0768 e. The van der Waals surface area contributed by atoms with Crippen molar-refractivity contribution in [2.45, 2.75) is 13.0 Å². The fourth-order valence-corrected chi connectivity index (χ4v) is 2.20. The van der Waals surface area contributed by atoms with E-state index < -0.39 is 0 Å². The molecule has 0 saturated heterocycles. The van der Waals surface area contributed by atoms with Crippen LogP contribution >= 0.6 is 11.3 Å². The Morgan fingerprint density at radius 3 is 2.92 bits per heavy atom. The van der Waals surface area contributed by atoms with E-state index in [4.69, 9.17) is 0 Å². The Morgan fingerprint density at radius 2 is 2.17 bits per heavy atom. The molecule has 0 aliphatic carbocycles. The van der Waals surface area contributed by atoms with Crippen molar-refractivity contribution in [3.05, 3.63) is 35.2 Å². The number of thiophene rings is 1. The maximum absolute atomic E-state index is 9.44. The molecule has 1 heterocycles. The van der Waals surface area contributed by atoms with Crippen molar-refractivity contribution in [3.63, 3.8) is 0 Å². The lowest BCUT2D eigenvalue weighted by atomic mass is 10.1. The average molecular weight is 178 g/mol. The standard InChI is InChI=1S/C10H10OS/c1-7(11)8-3-2-4-10-9(8)5-6-12-10/h2-7,11H,1H3/t7-/m1/s1. The molecule has 0 aliphatic rings. The molecule has 1 atom stereocenters. The third kappa shape index (κ3) is 1.13. The normalized spacial score (nSPS) is 13.5. The minimum absolute atomic E-state index is 0.372. The Hall–Kier alpha value is -0.860. The highest BCUT2D eigenvalue weighted by atomic mass is 32.1. The molecule has 0 saturated carbocycles. The molecular formula is C10H10OS. The molecular weight excluding hydrogens is 168 g/mol. The Balaban J connectivity index is 2.73. The molecule has 0 fully saturated rings. The van der Waals surface area contributed by atoms with Gasteiger partial charge in [-0.25, -0.2) is 0 Å². The van der Waals surface area contributed by atoms with Crippen molar-refractivity contribution < 1.29 is 5.11 Å². The summed E-state index contributed by atoms with van der Waals surface area (Å²) in [6.45, 7) is 1.80. The summed E-state index contributed by atoms with van der Waals surface area (Å²) in [6, 6.07) is 8.09. The van der Waals surface area contributed by atoms with Gasteiger partial charge < -0.3 is 5.11 Å². The molecule has 0 radical (unpaired) electrons. The van der Waals surface area contributed by atoms with Gasteiger partial charge in [-0.3, -0.25) is 0 Å². The largest absolute Gasteiger partial charge is 0.389 e. The van der Waals surface area contributed by atoms with Gasteiger partial charge in [0, 0.05) is 4.70 Å². The van der Waals surface area contributed by atoms with Gasteiger partial charge in [0.15, 0.2) is 0 Å². The van der Waals surface area contributed by atoms with E-state index in [-0.39, 0.29) is 6.10 Å². The van der Waals surface area contributed by atoms with Crippen LogP contribution in [0.2, 0.25) is 0 Å². The van der Waals surface area contributed by atoms with Gasteiger partial charge in [0.05, 0.1) is 6.10 Å². The number of benzene rings is 1. The van der Waals surface area contributed by atoms with Crippen LogP contribution in [-0.2, 0) is 0 Å². The minimum atomic E-state index is -0.372. The Bertz CT molecular complexity index is 389. The van der Waals surface area contributed by atoms with Crippen LogP contribution in [0.4, 0.5) is 0 Å². The van der Waals surface area contributed by atoms with Crippen LogP contribution in [-0.4, -0.2) is 5.11 Å². The van der Waals surface area contributed by atoms with Gasteiger partial charge in [-0.15, -0.1) is 11.3 Å². The summed E-state index contributed by atoms with van der Waals surface area (Å²) in [5, 5.41) is 12.7. The van der Waals surface area contributed by atoms with Crippen LogP contribution in [0, 0.1) is 0 Å². The SMILES string of the molecule is C[C@@H](O)c1cccc2sccc12. The number of hydrogen-bond donors (Lipinski definition) is 1. The molecule has 0 bridgehead atoms. The molecule has 0 spiro atoms. The van der Waals surface area contributed by atoms with E-state index in [0.717, 1.165) is 5.56 Å². The maximum atomic E-state index is 9.44. The molecule has 0 aliphatic heterocycles. The third-order valence-corrected chi connectivity index (χ3v) is 2.86. The zero-order valence-corrected chi connectivity index (χ0v) is 7.64. The molecule has 62 valence electrons. The minimum Gasteiger partial charge on any atom is -0.389 e. The molecule has 2 heteroatoms. The molecule has 2 rings (SSSR count). The second kappa shape index (κ2) is 2.88. The van der Waals surface area contributed by atoms with E-state index in [2.05, 4.69) is 17.5 Å². The molecule has 1 aromatic carbocycles. The highest BCUT2D eigenvalue weighted by Crippen LogP contribution is 2.27. The van der Waals surface area contributed by atoms with E-state index >= 15 is 0 Å². The summed E-state index contributed by atoms with van der Waals surface area (Å²) in [4.78, 5) is 0. The van der Waals surface area contributed by atoms with E-state index in [1.807, 2.05) is 12.1 Å². The van der Waals surface area contributed by atoms with E-state index in [0.29, 0.717) is 0 Å². The average Bonchev–Trinajstić information content (AvgIpc) is 2.49. The number of rotatable bonds is 1. The summed E-state index contributed by atoms with van der Waals surface area (Å²) in [5.41, 5.74) is 1.02. The number of hydrogen-bond acceptors (Lipinski definition) is 2. The van der Waals surface area contributed by atoms with Gasteiger partial charge in [0.1, 0.15) is 0 Å².